The zero-order chi connectivity index (χ0) is 9.97. The van der Waals surface area contributed by atoms with Crippen molar-refractivity contribution in [2.24, 2.45) is 23.7 Å². The SMILES string of the molecule is CC(C)CNCC1CCC1C1CCC1. The van der Waals surface area contributed by atoms with Gasteiger partial charge in [0.15, 0.2) is 0 Å². The summed E-state index contributed by atoms with van der Waals surface area (Å²) in [5.41, 5.74) is 0. The molecule has 2 aliphatic carbocycles. The summed E-state index contributed by atoms with van der Waals surface area (Å²) in [7, 11) is 0. The van der Waals surface area contributed by atoms with Gasteiger partial charge in [0.2, 0.25) is 0 Å². The van der Waals surface area contributed by atoms with Gasteiger partial charge in [-0.25, -0.2) is 0 Å². The minimum Gasteiger partial charge on any atom is -0.316 e. The minimum atomic E-state index is 0.803. The zero-order valence-corrected chi connectivity index (χ0v) is 9.76. The molecule has 82 valence electrons. The van der Waals surface area contributed by atoms with Crippen LogP contribution in [0.3, 0.4) is 0 Å². The van der Waals surface area contributed by atoms with Crippen LogP contribution in [0, 0.1) is 23.7 Å². The van der Waals surface area contributed by atoms with Crippen molar-refractivity contribution < 1.29 is 0 Å². The summed E-state index contributed by atoms with van der Waals surface area (Å²) in [5, 5.41) is 3.62. The Morgan fingerprint density at radius 2 is 1.93 bits per heavy atom. The van der Waals surface area contributed by atoms with E-state index in [1.165, 1.54) is 45.2 Å². The van der Waals surface area contributed by atoms with Crippen LogP contribution in [0.4, 0.5) is 0 Å². The van der Waals surface area contributed by atoms with E-state index in [1.807, 2.05) is 0 Å². The molecule has 0 aliphatic heterocycles. The normalized spacial score (nSPS) is 32.8. The Bertz CT molecular complexity index is 172. The van der Waals surface area contributed by atoms with Gasteiger partial charge in [-0.05, 0) is 49.6 Å². The minimum absolute atomic E-state index is 0.803. The van der Waals surface area contributed by atoms with E-state index in [0.29, 0.717) is 0 Å². The van der Waals surface area contributed by atoms with Crippen molar-refractivity contribution in [1.82, 2.24) is 5.32 Å². The first kappa shape index (κ1) is 10.5. The molecular formula is C13H25N. The molecule has 1 nitrogen and oxygen atoms in total. The van der Waals surface area contributed by atoms with Crippen LogP contribution in [0.2, 0.25) is 0 Å². The third-order valence-electron chi connectivity index (χ3n) is 4.19. The van der Waals surface area contributed by atoms with Gasteiger partial charge in [-0.15, -0.1) is 0 Å². The lowest BCUT2D eigenvalue weighted by atomic mass is 9.61. The van der Waals surface area contributed by atoms with Crippen molar-refractivity contribution in [1.29, 1.82) is 0 Å². The molecule has 0 aromatic carbocycles. The molecule has 0 spiro atoms. The summed E-state index contributed by atoms with van der Waals surface area (Å²) in [6.07, 6.45) is 7.59. The fraction of sp³-hybridized carbons (Fsp3) is 1.00. The fourth-order valence-electron chi connectivity index (χ4n) is 2.89. The Hall–Kier alpha value is -0.0400. The standard InChI is InChI=1S/C13H25N/c1-10(2)8-14-9-12-6-7-13(12)11-4-3-5-11/h10-14H,3-9H2,1-2H3. The smallest absolute Gasteiger partial charge is 0.00177 e. The van der Waals surface area contributed by atoms with Gasteiger partial charge in [-0.3, -0.25) is 0 Å². The molecule has 0 radical (unpaired) electrons. The largest absolute Gasteiger partial charge is 0.316 e. The van der Waals surface area contributed by atoms with E-state index in [1.54, 1.807) is 0 Å². The van der Waals surface area contributed by atoms with Crippen molar-refractivity contribution in [3.05, 3.63) is 0 Å². The molecule has 0 heterocycles. The summed E-state index contributed by atoms with van der Waals surface area (Å²) >= 11 is 0. The lowest BCUT2D eigenvalue weighted by Gasteiger charge is -2.46. The number of rotatable bonds is 5. The molecule has 14 heavy (non-hydrogen) atoms. The van der Waals surface area contributed by atoms with E-state index in [-0.39, 0.29) is 0 Å². The molecular weight excluding hydrogens is 170 g/mol. The predicted molar refractivity (Wildman–Crippen MR) is 61.3 cm³/mol. The second kappa shape index (κ2) is 4.65. The molecule has 0 aromatic heterocycles. The van der Waals surface area contributed by atoms with E-state index in [4.69, 9.17) is 0 Å². The number of nitrogens with one attached hydrogen (secondary N) is 1. The molecule has 0 amide bonds. The fourth-order valence-corrected chi connectivity index (χ4v) is 2.89. The van der Waals surface area contributed by atoms with Crippen LogP contribution in [-0.2, 0) is 0 Å². The second-order valence-electron chi connectivity index (χ2n) is 5.74. The molecule has 2 saturated carbocycles. The van der Waals surface area contributed by atoms with E-state index in [9.17, 15) is 0 Å². The Kier molecular flexibility index (Phi) is 3.48. The molecule has 2 atom stereocenters. The van der Waals surface area contributed by atoms with Gasteiger partial charge in [-0.1, -0.05) is 33.1 Å². The van der Waals surface area contributed by atoms with Crippen LogP contribution in [0.25, 0.3) is 0 Å². The van der Waals surface area contributed by atoms with Crippen LogP contribution in [-0.4, -0.2) is 13.1 Å². The number of hydrogen-bond donors (Lipinski definition) is 1. The highest BCUT2D eigenvalue weighted by Gasteiger charge is 2.38. The van der Waals surface area contributed by atoms with E-state index < -0.39 is 0 Å². The first-order valence-electron chi connectivity index (χ1n) is 6.48. The lowest BCUT2D eigenvalue weighted by molar-refractivity contribution is 0.0556. The maximum absolute atomic E-state index is 3.62. The molecule has 2 rings (SSSR count). The summed E-state index contributed by atoms with van der Waals surface area (Å²) in [5.74, 6) is 4.05. The molecule has 2 aliphatic rings. The molecule has 1 heteroatoms. The highest BCUT2D eigenvalue weighted by Crippen LogP contribution is 2.47. The van der Waals surface area contributed by atoms with Crippen LogP contribution in [0.15, 0.2) is 0 Å². The van der Waals surface area contributed by atoms with Gasteiger partial charge >= 0.3 is 0 Å². The predicted octanol–water partition coefficient (Wildman–Crippen LogP) is 3.06. The highest BCUT2D eigenvalue weighted by molar-refractivity contribution is 4.90. The average molecular weight is 195 g/mol. The highest BCUT2D eigenvalue weighted by atomic mass is 14.9. The Balaban J connectivity index is 1.61. The zero-order valence-electron chi connectivity index (χ0n) is 9.76. The maximum atomic E-state index is 3.62. The van der Waals surface area contributed by atoms with Crippen LogP contribution < -0.4 is 5.32 Å². The van der Waals surface area contributed by atoms with Crippen LogP contribution >= 0.6 is 0 Å². The molecule has 2 fully saturated rings. The Labute approximate surface area is 88.7 Å². The van der Waals surface area contributed by atoms with E-state index in [2.05, 4.69) is 19.2 Å². The lowest BCUT2D eigenvalue weighted by Crippen LogP contribution is -2.41. The number of hydrogen-bond acceptors (Lipinski definition) is 1. The van der Waals surface area contributed by atoms with Crippen LogP contribution in [0.5, 0.6) is 0 Å². The molecule has 0 bridgehead atoms. The summed E-state index contributed by atoms with van der Waals surface area (Å²) in [6, 6.07) is 0. The second-order valence-corrected chi connectivity index (χ2v) is 5.74. The van der Waals surface area contributed by atoms with Crippen LogP contribution in [0.1, 0.15) is 46.0 Å². The quantitative estimate of drug-likeness (QED) is 0.711. The summed E-state index contributed by atoms with van der Waals surface area (Å²) in [4.78, 5) is 0. The first-order chi connectivity index (χ1) is 6.77. The van der Waals surface area contributed by atoms with Gasteiger partial charge in [-0.2, -0.15) is 0 Å². The Morgan fingerprint density at radius 1 is 1.14 bits per heavy atom. The average Bonchev–Trinajstić information content (AvgIpc) is 2.02. The third-order valence-corrected chi connectivity index (χ3v) is 4.19. The van der Waals surface area contributed by atoms with Gasteiger partial charge in [0, 0.05) is 0 Å². The molecule has 2 unspecified atom stereocenters. The Morgan fingerprint density at radius 3 is 2.36 bits per heavy atom. The topological polar surface area (TPSA) is 12.0 Å². The molecule has 1 N–H and O–H groups in total. The molecule has 0 aromatic rings. The third kappa shape index (κ3) is 2.31. The van der Waals surface area contributed by atoms with E-state index in [0.717, 1.165) is 23.7 Å². The van der Waals surface area contributed by atoms with Gasteiger partial charge < -0.3 is 5.32 Å². The van der Waals surface area contributed by atoms with Crippen molar-refractivity contribution in [3.63, 3.8) is 0 Å². The molecule has 0 saturated heterocycles. The van der Waals surface area contributed by atoms with Crippen molar-refractivity contribution >= 4 is 0 Å². The van der Waals surface area contributed by atoms with Gasteiger partial charge in [0.05, 0.1) is 0 Å². The van der Waals surface area contributed by atoms with Crippen molar-refractivity contribution in [2.75, 3.05) is 13.1 Å². The summed E-state index contributed by atoms with van der Waals surface area (Å²) < 4.78 is 0. The maximum Gasteiger partial charge on any atom is -0.00177 e. The first-order valence-corrected chi connectivity index (χ1v) is 6.48. The van der Waals surface area contributed by atoms with Crippen molar-refractivity contribution in [3.8, 4) is 0 Å². The van der Waals surface area contributed by atoms with Gasteiger partial charge in [0.25, 0.3) is 0 Å². The monoisotopic (exact) mass is 195 g/mol. The van der Waals surface area contributed by atoms with Gasteiger partial charge in [0.1, 0.15) is 0 Å². The summed E-state index contributed by atoms with van der Waals surface area (Å²) in [6.45, 7) is 7.07. The van der Waals surface area contributed by atoms with Crippen molar-refractivity contribution in [2.45, 2.75) is 46.0 Å². The van der Waals surface area contributed by atoms with E-state index >= 15 is 0 Å².